The van der Waals surface area contributed by atoms with E-state index in [0.29, 0.717) is 0 Å². The lowest BCUT2D eigenvalue weighted by molar-refractivity contribution is 0.650. The number of aromatic nitrogens is 1. The maximum Gasteiger partial charge on any atom is 0.0760 e. The number of nitrogens with zero attached hydrogens (tertiary/aromatic N) is 1. The van der Waals surface area contributed by atoms with Crippen LogP contribution in [0, 0.1) is 6.92 Å². The minimum absolute atomic E-state index is 0.104. The average Bonchev–Trinajstić information content (AvgIpc) is 2.31. The van der Waals surface area contributed by atoms with Crippen LogP contribution in [0.2, 0.25) is 0 Å². The zero-order valence-electron chi connectivity index (χ0n) is 9.33. The molecule has 0 saturated carbocycles. The average molecular weight is 232 g/mol. The van der Waals surface area contributed by atoms with Crippen LogP contribution in [0.4, 0.5) is 0 Å². The summed E-state index contributed by atoms with van der Waals surface area (Å²) in [6, 6.07) is 8.33. The molecule has 0 spiro atoms. The summed E-state index contributed by atoms with van der Waals surface area (Å²) in [7, 11) is 0. The minimum atomic E-state index is 0.104. The third-order valence-electron chi connectivity index (χ3n) is 3.49. The van der Waals surface area contributed by atoms with Gasteiger partial charge in [-0.2, -0.15) is 0 Å². The number of benzene rings is 1. The molecule has 1 atom stereocenters. The normalized spacial score (nSPS) is 19.8. The van der Waals surface area contributed by atoms with Crippen molar-refractivity contribution in [1.29, 1.82) is 0 Å². The van der Waals surface area contributed by atoms with E-state index in [1.165, 1.54) is 22.9 Å². The highest BCUT2D eigenvalue weighted by Crippen LogP contribution is 2.36. The molecule has 1 aromatic heterocycles. The molecule has 0 fully saturated rings. The molecule has 0 unspecified atom stereocenters. The lowest BCUT2D eigenvalue weighted by atomic mass is 9.90. The van der Waals surface area contributed by atoms with Gasteiger partial charge in [-0.15, -0.1) is 11.6 Å². The van der Waals surface area contributed by atoms with Crippen molar-refractivity contribution in [3.8, 4) is 0 Å². The number of halogens is 1. The van der Waals surface area contributed by atoms with Crippen LogP contribution < -0.4 is 0 Å². The summed E-state index contributed by atoms with van der Waals surface area (Å²) < 4.78 is 0. The van der Waals surface area contributed by atoms with Gasteiger partial charge in [0.25, 0.3) is 0 Å². The Bertz CT molecular complexity index is 548. The highest BCUT2D eigenvalue weighted by atomic mass is 35.5. The molecule has 0 aliphatic heterocycles. The summed E-state index contributed by atoms with van der Waals surface area (Å²) >= 11 is 6.36. The van der Waals surface area contributed by atoms with Crippen molar-refractivity contribution in [3.63, 3.8) is 0 Å². The lowest BCUT2D eigenvalue weighted by Gasteiger charge is -2.22. The second-order valence-corrected chi connectivity index (χ2v) is 5.00. The molecular weight excluding hydrogens is 218 g/mol. The number of aryl methyl sites for hydroxylation is 1. The van der Waals surface area contributed by atoms with Gasteiger partial charge in [0.2, 0.25) is 0 Å². The molecule has 1 aliphatic rings. The second kappa shape index (κ2) is 3.74. The van der Waals surface area contributed by atoms with E-state index in [0.717, 1.165) is 24.1 Å². The fraction of sp³-hybridized carbons (Fsp3) is 0.357. The van der Waals surface area contributed by atoms with Crippen molar-refractivity contribution in [2.75, 3.05) is 0 Å². The molecular formula is C14H14ClN. The Labute approximate surface area is 100 Å². The highest BCUT2D eigenvalue weighted by molar-refractivity contribution is 6.21. The van der Waals surface area contributed by atoms with Crippen LogP contribution in [0.25, 0.3) is 10.9 Å². The van der Waals surface area contributed by atoms with Crippen LogP contribution in [0.15, 0.2) is 24.3 Å². The SMILES string of the molecule is Cc1c2c(nc3ccccc13)[C@@H](Cl)CCC2. The van der Waals surface area contributed by atoms with E-state index in [1.54, 1.807) is 0 Å². The van der Waals surface area contributed by atoms with E-state index in [-0.39, 0.29) is 5.38 Å². The van der Waals surface area contributed by atoms with Gasteiger partial charge < -0.3 is 0 Å². The van der Waals surface area contributed by atoms with E-state index < -0.39 is 0 Å². The van der Waals surface area contributed by atoms with Gasteiger partial charge in [0.1, 0.15) is 0 Å². The third-order valence-corrected chi connectivity index (χ3v) is 3.92. The van der Waals surface area contributed by atoms with Crippen molar-refractivity contribution < 1.29 is 0 Å². The first kappa shape index (κ1) is 10.1. The maximum absolute atomic E-state index is 6.36. The molecule has 1 aliphatic carbocycles. The lowest BCUT2D eigenvalue weighted by Crippen LogP contribution is -2.10. The first-order chi connectivity index (χ1) is 7.77. The quantitative estimate of drug-likeness (QED) is 0.621. The zero-order valence-corrected chi connectivity index (χ0v) is 10.1. The molecule has 1 aromatic carbocycles. The third kappa shape index (κ3) is 1.42. The number of hydrogen-bond donors (Lipinski definition) is 0. The van der Waals surface area contributed by atoms with Crippen LogP contribution in [0.3, 0.4) is 0 Å². The molecule has 2 heteroatoms. The molecule has 82 valence electrons. The number of rotatable bonds is 0. The number of para-hydroxylation sites is 1. The Morgan fingerprint density at radius 2 is 2.12 bits per heavy atom. The number of hydrogen-bond acceptors (Lipinski definition) is 1. The van der Waals surface area contributed by atoms with Crippen LogP contribution in [0.1, 0.15) is 35.0 Å². The van der Waals surface area contributed by atoms with E-state index >= 15 is 0 Å². The molecule has 0 radical (unpaired) electrons. The standard InChI is InChI=1S/C14H14ClN/c1-9-10-5-2-3-8-13(10)16-14-11(9)6-4-7-12(14)15/h2-3,5,8,12H,4,6-7H2,1H3/t12-/m0/s1. The predicted octanol–water partition coefficient (Wildman–Crippen LogP) is 4.16. The Kier molecular flexibility index (Phi) is 2.36. The topological polar surface area (TPSA) is 12.9 Å². The Morgan fingerprint density at radius 1 is 1.31 bits per heavy atom. The van der Waals surface area contributed by atoms with Crippen molar-refractivity contribution in [2.45, 2.75) is 31.6 Å². The van der Waals surface area contributed by atoms with Gasteiger partial charge in [0.15, 0.2) is 0 Å². The van der Waals surface area contributed by atoms with Crippen molar-refractivity contribution in [1.82, 2.24) is 4.98 Å². The second-order valence-electron chi connectivity index (χ2n) is 4.48. The minimum Gasteiger partial charge on any atom is -0.251 e. The maximum atomic E-state index is 6.36. The van der Waals surface area contributed by atoms with E-state index in [9.17, 15) is 0 Å². The monoisotopic (exact) mass is 231 g/mol. The number of alkyl halides is 1. The Balaban J connectivity index is 2.36. The van der Waals surface area contributed by atoms with E-state index in [2.05, 4.69) is 25.1 Å². The summed E-state index contributed by atoms with van der Waals surface area (Å²) in [6.45, 7) is 2.19. The Hall–Kier alpha value is -1.08. The molecule has 1 nitrogen and oxygen atoms in total. The molecule has 0 saturated heterocycles. The summed E-state index contributed by atoms with van der Waals surface area (Å²) in [5.41, 5.74) is 4.94. The molecule has 3 rings (SSSR count). The van der Waals surface area contributed by atoms with Crippen LogP contribution in [0.5, 0.6) is 0 Å². The first-order valence-corrected chi connectivity index (χ1v) is 6.23. The fourth-order valence-electron chi connectivity index (χ4n) is 2.61. The van der Waals surface area contributed by atoms with E-state index in [1.807, 2.05) is 6.07 Å². The number of pyridine rings is 1. The van der Waals surface area contributed by atoms with Gasteiger partial charge in [-0.1, -0.05) is 18.2 Å². The van der Waals surface area contributed by atoms with Gasteiger partial charge in [-0.3, -0.25) is 4.98 Å². The summed E-state index contributed by atoms with van der Waals surface area (Å²) in [6.07, 6.45) is 3.36. The zero-order chi connectivity index (χ0) is 11.1. The van der Waals surface area contributed by atoms with Gasteiger partial charge in [0, 0.05) is 5.39 Å². The molecule has 2 aromatic rings. The molecule has 0 amide bonds. The van der Waals surface area contributed by atoms with Gasteiger partial charge in [-0.05, 0) is 43.4 Å². The van der Waals surface area contributed by atoms with Crippen LogP contribution in [-0.4, -0.2) is 4.98 Å². The van der Waals surface area contributed by atoms with Gasteiger partial charge in [-0.25, -0.2) is 0 Å². The van der Waals surface area contributed by atoms with Crippen molar-refractivity contribution >= 4 is 22.5 Å². The van der Waals surface area contributed by atoms with E-state index in [4.69, 9.17) is 16.6 Å². The van der Waals surface area contributed by atoms with Crippen LogP contribution in [-0.2, 0) is 6.42 Å². The first-order valence-electron chi connectivity index (χ1n) is 5.79. The molecule has 0 N–H and O–H groups in total. The smallest absolute Gasteiger partial charge is 0.0760 e. The predicted molar refractivity (Wildman–Crippen MR) is 68.0 cm³/mol. The van der Waals surface area contributed by atoms with Gasteiger partial charge in [0.05, 0.1) is 16.6 Å². The highest BCUT2D eigenvalue weighted by Gasteiger charge is 2.22. The molecule has 0 bridgehead atoms. The van der Waals surface area contributed by atoms with Crippen molar-refractivity contribution in [3.05, 3.63) is 41.1 Å². The Morgan fingerprint density at radius 3 is 3.00 bits per heavy atom. The fourth-order valence-corrected chi connectivity index (χ4v) is 2.94. The summed E-state index contributed by atoms with van der Waals surface area (Å²) in [5, 5.41) is 1.37. The molecule has 1 heterocycles. The van der Waals surface area contributed by atoms with Gasteiger partial charge >= 0.3 is 0 Å². The number of fused-ring (bicyclic) bond motifs is 2. The summed E-state index contributed by atoms with van der Waals surface area (Å²) in [5.74, 6) is 0. The largest absolute Gasteiger partial charge is 0.251 e. The van der Waals surface area contributed by atoms with Crippen molar-refractivity contribution in [2.24, 2.45) is 0 Å². The molecule has 16 heavy (non-hydrogen) atoms. The van der Waals surface area contributed by atoms with Crippen LogP contribution >= 0.6 is 11.6 Å². The summed E-state index contributed by atoms with van der Waals surface area (Å²) in [4.78, 5) is 4.73.